The second kappa shape index (κ2) is 4.01. The molecule has 80 valence electrons. The number of hydrogen-bond donors (Lipinski definition) is 0. The summed E-state index contributed by atoms with van der Waals surface area (Å²) < 4.78 is 0. The minimum atomic E-state index is 0.0816. The number of carbonyl (C=O) groups is 1. The number of amides is 1. The summed E-state index contributed by atoms with van der Waals surface area (Å²) in [5, 5.41) is 0. The molecule has 1 amide bonds. The van der Waals surface area contributed by atoms with Gasteiger partial charge < -0.3 is 4.90 Å². The maximum atomic E-state index is 12.1. The van der Waals surface area contributed by atoms with Gasteiger partial charge in [0.05, 0.1) is 0 Å². The Morgan fingerprint density at radius 3 is 3.00 bits per heavy atom. The number of likely N-dealkylation sites (tertiary alicyclic amines) is 1. The van der Waals surface area contributed by atoms with Gasteiger partial charge in [-0.1, -0.05) is 6.07 Å². The standard InChI is InChI=1S/C12H16N2O/c1-9-5-3-7-13-11(9)12(15)14-8-4-6-10(14)2/h3,5,7,10H,4,6,8H2,1-2H3. The van der Waals surface area contributed by atoms with Crippen molar-refractivity contribution in [2.75, 3.05) is 6.54 Å². The molecule has 0 bridgehead atoms. The molecular formula is C12H16N2O. The lowest BCUT2D eigenvalue weighted by Gasteiger charge is -2.21. The molecule has 1 aromatic rings. The Balaban J connectivity index is 2.24. The van der Waals surface area contributed by atoms with Gasteiger partial charge in [0.15, 0.2) is 0 Å². The van der Waals surface area contributed by atoms with Crippen molar-refractivity contribution in [2.24, 2.45) is 0 Å². The van der Waals surface area contributed by atoms with Gasteiger partial charge in [0.25, 0.3) is 5.91 Å². The number of carbonyl (C=O) groups excluding carboxylic acids is 1. The van der Waals surface area contributed by atoms with Gasteiger partial charge in [-0.05, 0) is 38.3 Å². The molecule has 15 heavy (non-hydrogen) atoms. The SMILES string of the molecule is Cc1cccnc1C(=O)N1CCCC1C. The Kier molecular flexibility index (Phi) is 2.71. The minimum Gasteiger partial charge on any atom is -0.335 e. The molecule has 2 rings (SSSR count). The van der Waals surface area contributed by atoms with E-state index in [1.807, 2.05) is 24.0 Å². The average Bonchev–Trinajstić information content (AvgIpc) is 2.64. The zero-order chi connectivity index (χ0) is 10.8. The van der Waals surface area contributed by atoms with Gasteiger partial charge in [0.1, 0.15) is 5.69 Å². The van der Waals surface area contributed by atoms with Crippen molar-refractivity contribution in [3.05, 3.63) is 29.6 Å². The highest BCUT2D eigenvalue weighted by Gasteiger charge is 2.27. The number of aryl methyl sites for hydroxylation is 1. The van der Waals surface area contributed by atoms with Crippen LogP contribution in [0.1, 0.15) is 35.8 Å². The molecule has 1 aromatic heterocycles. The van der Waals surface area contributed by atoms with Crippen molar-refractivity contribution in [3.63, 3.8) is 0 Å². The van der Waals surface area contributed by atoms with Crippen LogP contribution in [0.25, 0.3) is 0 Å². The molecule has 0 spiro atoms. The Labute approximate surface area is 90.1 Å². The Bertz CT molecular complexity index is 376. The highest BCUT2D eigenvalue weighted by molar-refractivity contribution is 5.94. The fourth-order valence-electron chi connectivity index (χ4n) is 2.08. The van der Waals surface area contributed by atoms with E-state index in [9.17, 15) is 4.79 Å². The zero-order valence-electron chi connectivity index (χ0n) is 9.23. The van der Waals surface area contributed by atoms with Gasteiger partial charge in [0.2, 0.25) is 0 Å². The van der Waals surface area contributed by atoms with Crippen molar-refractivity contribution in [1.29, 1.82) is 0 Å². The van der Waals surface area contributed by atoms with Crippen molar-refractivity contribution >= 4 is 5.91 Å². The van der Waals surface area contributed by atoms with Crippen molar-refractivity contribution in [1.82, 2.24) is 9.88 Å². The van der Waals surface area contributed by atoms with Crippen LogP contribution in [0.3, 0.4) is 0 Å². The number of pyridine rings is 1. The quantitative estimate of drug-likeness (QED) is 0.701. The summed E-state index contributed by atoms with van der Waals surface area (Å²) in [5.41, 5.74) is 1.56. The van der Waals surface area contributed by atoms with E-state index in [0.717, 1.165) is 24.9 Å². The average molecular weight is 204 g/mol. The maximum absolute atomic E-state index is 12.1. The first-order chi connectivity index (χ1) is 7.20. The third kappa shape index (κ3) is 1.87. The normalized spacial score (nSPS) is 20.7. The monoisotopic (exact) mass is 204 g/mol. The predicted molar refractivity (Wildman–Crippen MR) is 58.7 cm³/mol. The summed E-state index contributed by atoms with van der Waals surface area (Å²) in [6, 6.07) is 4.15. The molecule has 3 heteroatoms. The van der Waals surface area contributed by atoms with Crippen LogP contribution in [0.4, 0.5) is 0 Å². The lowest BCUT2D eigenvalue weighted by molar-refractivity contribution is 0.0740. The molecule has 1 atom stereocenters. The molecule has 0 saturated carbocycles. The lowest BCUT2D eigenvalue weighted by Crippen LogP contribution is -2.34. The fourth-order valence-corrected chi connectivity index (χ4v) is 2.08. The molecule has 1 unspecified atom stereocenters. The number of rotatable bonds is 1. The van der Waals surface area contributed by atoms with Crippen LogP contribution < -0.4 is 0 Å². The van der Waals surface area contributed by atoms with Gasteiger partial charge in [-0.2, -0.15) is 0 Å². The van der Waals surface area contributed by atoms with Crippen LogP contribution >= 0.6 is 0 Å². The van der Waals surface area contributed by atoms with E-state index in [0.29, 0.717) is 11.7 Å². The Hall–Kier alpha value is -1.38. The van der Waals surface area contributed by atoms with Crippen LogP contribution in [-0.2, 0) is 0 Å². The van der Waals surface area contributed by atoms with Gasteiger partial charge in [-0.25, -0.2) is 0 Å². The third-order valence-electron chi connectivity index (χ3n) is 3.03. The molecule has 1 fully saturated rings. The zero-order valence-corrected chi connectivity index (χ0v) is 9.23. The van der Waals surface area contributed by atoms with Crippen LogP contribution in [0.15, 0.2) is 18.3 Å². The summed E-state index contributed by atoms with van der Waals surface area (Å²) in [7, 11) is 0. The van der Waals surface area contributed by atoms with Crippen LogP contribution in [0, 0.1) is 6.92 Å². The Morgan fingerprint density at radius 2 is 2.40 bits per heavy atom. The van der Waals surface area contributed by atoms with E-state index in [4.69, 9.17) is 0 Å². The smallest absolute Gasteiger partial charge is 0.272 e. The maximum Gasteiger partial charge on any atom is 0.272 e. The van der Waals surface area contributed by atoms with E-state index in [1.54, 1.807) is 6.20 Å². The van der Waals surface area contributed by atoms with Crippen molar-refractivity contribution < 1.29 is 4.79 Å². The van der Waals surface area contributed by atoms with Crippen molar-refractivity contribution in [3.8, 4) is 0 Å². The predicted octanol–water partition coefficient (Wildman–Crippen LogP) is 2.01. The lowest BCUT2D eigenvalue weighted by atomic mass is 10.2. The van der Waals surface area contributed by atoms with Gasteiger partial charge in [0, 0.05) is 18.8 Å². The second-order valence-electron chi connectivity index (χ2n) is 4.16. The largest absolute Gasteiger partial charge is 0.335 e. The number of nitrogens with zero attached hydrogens (tertiary/aromatic N) is 2. The highest BCUT2D eigenvalue weighted by atomic mass is 16.2. The second-order valence-corrected chi connectivity index (χ2v) is 4.16. The molecule has 0 N–H and O–H groups in total. The molecule has 0 aliphatic carbocycles. The molecule has 1 saturated heterocycles. The molecule has 0 aromatic carbocycles. The fraction of sp³-hybridized carbons (Fsp3) is 0.500. The molecule has 1 aliphatic heterocycles. The highest BCUT2D eigenvalue weighted by Crippen LogP contribution is 2.19. The van der Waals surface area contributed by atoms with E-state index in [-0.39, 0.29) is 5.91 Å². The molecule has 3 nitrogen and oxygen atoms in total. The number of aromatic nitrogens is 1. The molecule has 0 radical (unpaired) electrons. The van der Waals surface area contributed by atoms with E-state index in [2.05, 4.69) is 11.9 Å². The summed E-state index contributed by atoms with van der Waals surface area (Å²) in [6.45, 7) is 4.90. The minimum absolute atomic E-state index is 0.0816. The Morgan fingerprint density at radius 1 is 1.60 bits per heavy atom. The van der Waals surface area contributed by atoms with Crippen LogP contribution in [-0.4, -0.2) is 28.4 Å². The summed E-state index contributed by atoms with van der Waals surface area (Å²) in [4.78, 5) is 18.2. The third-order valence-corrected chi connectivity index (χ3v) is 3.03. The topological polar surface area (TPSA) is 33.2 Å². The van der Waals surface area contributed by atoms with Crippen LogP contribution in [0.5, 0.6) is 0 Å². The van der Waals surface area contributed by atoms with E-state index in [1.165, 1.54) is 0 Å². The van der Waals surface area contributed by atoms with Crippen molar-refractivity contribution in [2.45, 2.75) is 32.7 Å². The molecular weight excluding hydrogens is 188 g/mol. The van der Waals surface area contributed by atoms with Gasteiger partial charge >= 0.3 is 0 Å². The van der Waals surface area contributed by atoms with Crippen LogP contribution in [0.2, 0.25) is 0 Å². The first kappa shape index (κ1) is 10.1. The summed E-state index contributed by atoms with van der Waals surface area (Å²) in [6.07, 6.45) is 3.90. The van der Waals surface area contributed by atoms with Gasteiger partial charge in [-0.3, -0.25) is 9.78 Å². The number of hydrogen-bond acceptors (Lipinski definition) is 2. The van der Waals surface area contributed by atoms with E-state index < -0.39 is 0 Å². The first-order valence-electron chi connectivity index (χ1n) is 5.42. The first-order valence-corrected chi connectivity index (χ1v) is 5.42. The van der Waals surface area contributed by atoms with E-state index >= 15 is 0 Å². The summed E-state index contributed by atoms with van der Waals surface area (Å²) in [5.74, 6) is 0.0816. The molecule has 1 aliphatic rings. The van der Waals surface area contributed by atoms with Gasteiger partial charge in [-0.15, -0.1) is 0 Å². The molecule has 2 heterocycles. The summed E-state index contributed by atoms with van der Waals surface area (Å²) >= 11 is 0.